The van der Waals surface area contributed by atoms with Crippen LogP contribution < -0.4 is 15.4 Å². The second-order valence-corrected chi connectivity index (χ2v) is 6.92. The second-order valence-electron chi connectivity index (χ2n) is 6.92. The number of aromatic nitrogens is 3. The summed E-state index contributed by atoms with van der Waals surface area (Å²) >= 11 is 0. The van der Waals surface area contributed by atoms with E-state index in [1.807, 2.05) is 42.8 Å². The van der Waals surface area contributed by atoms with Crippen LogP contribution in [0, 0.1) is 13.8 Å². The lowest BCUT2D eigenvalue weighted by Gasteiger charge is -2.15. The van der Waals surface area contributed by atoms with Crippen molar-refractivity contribution in [2.75, 3.05) is 13.2 Å². The number of para-hydroxylation sites is 1. The summed E-state index contributed by atoms with van der Waals surface area (Å²) in [5.41, 5.74) is 5.29. The molecule has 0 atom stereocenters. The van der Waals surface area contributed by atoms with Gasteiger partial charge in [-0.25, -0.2) is 14.7 Å². The molecule has 166 valence electrons. The highest BCUT2D eigenvalue weighted by Gasteiger charge is 2.10. The quantitative estimate of drug-likeness (QED) is 0.258. The van der Waals surface area contributed by atoms with Crippen LogP contribution in [0.4, 0.5) is 0 Å². The first-order chi connectivity index (χ1) is 14.6. The average molecular weight is 534 g/mol. The summed E-state index contributed by atoms with van der Waals surface area (Å²) in [6, 6.07) is 14.2. The minimum atomic E-state index is 0. The molecule has 0 spiro atoms. The van der Waals surface area contributed by atoms with Crippen LogP contribution in [0.5, 0.6) is 5.88 Å². The molecule has 7 nitrogen and oxygen atoms in total. The number of aryl methyl sites for hydroxylation is 2. The molecule has 0 amide bonds. The Morgan fingerprint density at radius 2 is 1.84 bits per heavy atom. The van der Waals surface area contributed by atoms with Gasteiger partial charge in [0.1, 0.15) is 0 Å². The van der Waals surface area contributed by atoms with E-state index < -0.39 is 0 Å². The van der Waals surface area contributed by atoms with E-state index in [0.717, 1.165) is 40.7 Å². The average Bonchev–Trinajstić information content (AvgIpc) is 3.09. The van der Waals surface area contributed by atoms with E-state index in [2.05, 4.69) is 52.8 Å². The van der Waals surface area contributed by atoms with E-state index in [1.165, 1.54) is 0 Å². The highest BCUT2D eigenvalue weighted by molar-refractivity contribution is 14.0. The Hall–Kier alpha value is -2.62. The van der Waals surface area contributed by atoms with Crippen LogP contribution >= 0.6 is 24.0 Å². The molecule has 0 aliphatic heterocycles. The molecule has 0 saturated carbocycles. The fraction of sp³-hybridized carbons (Fsp3) is 0.348. The van der Waals surface area contributed by atoms with Crippen LogP contribution in [-0.4, -0.2) is 33.9 Å². The van der Waals surface area contributed by atoms with Gasteiger partial charge in [-0.05, 0) is 51.5 Å². The largest absolute Gasteiger partial charge is 0.478 e. The number of halogens is 1. The predicted molar refractivity (Wildman–Crippen MR) is 136 cm³/mol. The first-order valence-corrected chi connectivity index (χ1v) is 10.3. The molecule has 0 radical (unpaired) electrons. The first-order valence-electron chi connectivity index (χ1n) is 10.3. The third-order valence-electron chi connectivity index (χ3n) is 4.56. The van der Waals surface area contributed by atoms with Crippen LogP contribution in [0.2, 0.25) is 0 Å². The Morgan fingerprint density at radius 1 is 1.06 bits per heavy atom. The Balaban J connectivity index is 0.00000341. The van der Waals surface area contributed by atoms with Crippen LogP contribution in [0.1, 0.15) is 36.4 Å². The maximum atomic E-state index is 5.61. The zero-order chi connectivity index (χ0) is 21.3. The summed E-state index contributed by atoms with van der Waals surface area (Å²) in [7, 11) is 0. The van der Waals surface area contributed by atoms with Crippen LogP contribution in [0.25, 0.3) is 5.69 Å². The van der Waals surface area contributed by atoms with E-state index in [0.29, 0.717) is 25.6 Å². The lowest BCUT2D eigenvalue weighted by molar-refractivity contribution is 0.323. The Bertz CT molecular complexity index is 1000. The first kappa shape index (κ1) is 24.6. The number of benzene rings is 1. The summed E-state index contributed by atoms with van der Waals surface area (Å²) in [6.07, 6.45) is 1.73. The van der Waals surface area contributed by atoms with Gasteiger partial charge in [-0.15, -0.1) is 24.0 Å². The lowest BCUT2D eigenvalue weighted by Crippen LogP contribution is -2.37. The number of hydrogen-bond acceptors (Lipinski definition) is 4. The van der Waals surface area contributed by atoms with Crippen molar-refractivity contribution < 1.29 is 4.74 Å². The van der Waals surface area contributed by atoms with Gasteiger partial charge >= 0.3 is 0 Å². The molecule has 0 bridgehead atoms. The molecular formula is C23H31IN6O. The zero-order valence-corrected chi connectivity index (χ0v) is 20.9. The summed E-state index contributed by atoms with van der Waals surface area (Å²) in [5.74, 6) is 1.38. The van der Waals surface area contributed by atoms with Gasteiger partial charge in [-0.3, -0.25) is 0 Å². The van der Waals surface area contributed by atoms with Crippen molar-refractivity contribution in [3.63, 3.8) is 0 Å². The van der Waals surface area contributed by atoms with Gasteiger partial charge in [-0.1, -0.05) is 24.3 Å². The van der Waals surface area contributed by atoms with Crippen molar-refractivity contribution in [2.24, 2.45) is 4.99 Å². The van der Waals surface area contributed by atoms with Crippen molar-refractivity contribution in [1.82, 2.24) is 25.4 Å². The number of nitrogens with one attached hydrogen (secondary N) is 2. The van der Waals surface area contributed by atoms with Crippen molar-refractivity contribution in [2.45, 2.75) is 40.8 Å². The molecule has 0 fully saturated rings. The van der Waals surface area contributed by atoms with Gasteiger partial charge in [-0.2, -0.15) is 5.10 Å². The zero-order valence-electron chi connectivity index (χ0n) is 18.6. The molecule has 1 aromatic carbocycles. The third-order valence-corrected chi connectivity index (χ3v) is 4.56. The normalized spacial score (nSPS) is 11.0. The van der Waals surface area contributed by atoms with Gasteiger partial charge in [0, 0.05) is 30.5 Å². The molecule has 2 aromatic heterocycles. The molecule has 0 aliphatic carbocycles. The van der Waals surface area contributed by atoms with Gasteiger partial charge in [0.2, 0.25) is 5.88 Å². The topological polar surface area (TPSA) is 76.4 Å². The monoisotopic (exact) mass is 534 g/mol. The van der Waals surface area contributed by atoms with Crippen molar-refractivity contribution in [1.29, 1.82) is 0 Å². The summed E-state index contributed by atoms with van der Waals surface area (Å²) in [6.45, 7) is 10.5. The van der Waals surface area contributed by atoms with Gasteiger partial charge in [0.15, 0.2) is 5.96 Å². The number of pyridine rings is 1. The molecule has 3 rings (SSSR count). The molecule has 2 heterocycles. The fourth-order valence-corrected chi connectivity index (χ4v) is 3.24. The predicted octanol–water partition coefficient (Wildman–Crippen LogP) is 4.16. The SMILES string of the molecule is CCNC(=NCc1cccnc1OCC)NCc1ccccc1-n1nc(C)cc1C.I. The minimum absolute atomic E-state index is 0. The molecule has 8 heteroatoms. The molecule has 0 aliphatic rings. The van der Waals surface area contributed by atoms with Crippen molar-refractivity contribution >= 4 is 29.9 Å². The molecule has 0 saturated heterocycles. The Kier molecular flexibility index (Phi) is 9.77. The maximum Gasteiger partial charge on any atom is 0.218 e. The molecule has 2 N–H and O–H groups in total. The summed E-state index contributed by atoms with van der Waals surface area (Å²) < 4.78 is 7.59. The Morgan fingerprint density at radius 3 is 2.55 bits per heavy atom. The standard InChI is InChI=1S/C23H30N6O.HI/c1-5-24-23(27-16-20-11-9-13-25-22(20)30-6-2)26-15-19-10-7-8-12-21(19)29-18(4)14-17(3)28-29;/h7-14H,5-6,15-16H2,1-4H3,(H2,24,26,27);1H. The third kappa shape index (κ3) is 6.68. The molecule has 3 aromatic rings. The van der Waals surface area contributed by atoms with Crippen LogP contribution in [0.3, 0.4) is 0 Å². The second kappa shape index (κ2) is 12.3. The number of guanidine groups is 1. The fourth-order valence-electron chi connectivity index (χ4n) is 3.24. The number of ether oxygens (including phenoxy) is 1. The van der Waals surface area contributed by atoms with Crippen molar-refractivity contribution in [3.05, 3.63) is 71.2 Å². The highest BCUT2D eigenvalue weighted by atomic mass is 127. The van der Waals surface area contributed by atoms with Crippen molar-refractivity contribution in [3.8, 4) is 11.6 Å². The van der Waals surface area contributed by atoms with Gasteiger partial charge in [0.25, 0.3) is 0 Å². The number of aliphatic imine (C=N–C) groups is 1. The summed E-state index contributed by atoms with van der Waals surface area (Å²) in [5, 5.41) is 11.4. The van der Waals surface area contributed by atoms with E-state index in [9.17, 15) is 0 Å². The minimum Gasteiger partial charge on any atom is -0.478 e. The van der Waals surface area contributed by atoms with E-state index in [1.54, 1.807) is 6.20 Å². The lowest BCUT2D eigenvalue weighted by atomic mass is 10.1. The molecule has 31 heavy (non-hydrogen) atoms. The summed E-state index contributed by atoms with van der Waals surface area (Å²) in [4.78, 5) is 9.02. The van der Waals surface area contributed by atoms with E-state index >= 15 is 0 Å². The number of hydrogen-bond donors (Lipinski definition) is 2. The van der Waals surface area contributed by atoms with E-state index in [-0.39, 0.29) is 24.0 Å². The smallest absolute Gasteiger partial charge is 0.218 e. The molecule has 0 unspecified atom stereocenters. The highest BCUT2D eigenvalue weighted by Crippen LogP contribution is 2.17. The maximum absolute atomic E-state index is 5.61. The number of rotatable bonds is 8. The van der Waals surface area contributed by atoms with Crippen LogP contribution in [0.15, 0.2) is 53.7 Å². The van der Waals surface area contributed by atoms with Gasteiger partial charge < -0.3 is 15.4 Å². The molecular weight excluding hydrogens is 503 g/mol. The van der Waals surface area contributed by atoms with Crippen LogP contribution in [-0.2, 0) is 13.1 Å². The number of nitrogens with zero attached hydrogens (tertiary/aromatic N) is 4. The van der Waals surface area contributed by atoms with E-state index in [4.69, 9.17) is 9.73 Å². The Labute approximate surface area is 201 Å². The van der Waals surface area contributed by atoms with Gasteiger partial charge in [0.05, 0.1) is 24.5 Å².